The van der Waals surface area contributed by atoms with Gasteiger partial charge in [-0.15, -0.1) is 10.2 Å². The van der Waals surface area contributed by atoms with Gasteiger partial charge in [0.25, 0.3) is 0 Å². The molecule has 0 bridgehead atoms. The fraction of sp³-hybridized carbons (Fsp3) is 0.800. The second-order valence-corrected chi connectivity index (χ2v) is 8.71. The van der Waals surface area contributed by atoms with Crippen LogP contribution in [0.15, 0.2) is 4.34 Å². The number of nitrogens with one attached hydrogen (secondary N) is 1. The van der Waals surface area contributed by atoms with Gasteiger partial charge in [0.15, 0.2) is 4.34 Å². The molecule has 0 spiro atoms. The molecule has 0 radical (unpaired) electrons. The highest BCUT2D eigenvalue weighted by Crippen LogP contribution is 2.31. The number of aromatic nitrogens is 2. The van der Waals surface area contributed by atoms with Crippen molar-refractivity contribution in [2.45, 2.75) is 67.5 Å². The van der Waals surface area contributed by atoms with Crippen molar-refractivity contribution in [3.05, 3.63) is 0 Å². The standard InChI is InChI=1S/C15H24N4OS2/c1-11(13(20)19-9-5-6-10-19)21-15-18-17-14(22-15)16-12-7-3-2-4-8-12/h11-12H,2-10H2,1H3,(H,16,17). The maximum atomic E-state index is 12.3. The molecule has 2 heterocycles. The minimum atomic E-state index is -0.0754. The van der Waals surface area contributed by atoms with Crippen LogP contribution >= 0.6 is 23.1 Å². The molecule has 122 valence electrons. The summed E-state index contributed by atoms with van der Waals surface area (Å²) in [4.78, 5) is 14.3. The molecule has 22 heavy (non-hydrogen) atoms. The Balaban J connectivity index is 1.51. The van der Waals surface area contributed by atoms with Crippen LogP contribution in [0.1, 0.15) is 51.9 Å². The molecule has 2 fully saturated rings. The summed E-state index contributed by atoms with van der Waals surface area (Å²) in [6.45, 7) is 3.80. The van der Waals surface area contributed by atoms with E-state index < -0.39 is 0 Å². The smallest absolute Gasteiger partial charge is 0.235 e. The van der Waals surface area contributed by atoms with Crippen molar-refractivity contribution in [2.75, 3.05) is 18.4 Å². The highest BCUT2D eigenvalue weighted by Gasteiger charge is 2.25. The van der Waals surface area contributed by atoms with Crippen LogP contribution in [-0.4, -0.2) is 45.4 Å². The molecule has 3 rings (SSSR count). The topological polar surface area (TPSA) is 58.1 Å². The SMILES string of the molecule is CC(Sc1nnc(NC2CCCCC2)s1)C(=O)N1CCCC1. The number of rotatable bonds is 5. The number of likely N-dealkylation sites (tertiary alicyclic amines) is 1. The van der Waals surface area contributed by atoms with E-state index in [1.165, 1.54) is 43.9 Å². The lowest BCUT2D eigenvalue weighted by Gasteiger charge is -2.21. The van der Waals surface area contributed by atoms with Crippen molar-refractivity contribution in [1.29, 1.82) is 0 Å². The monoisotopic (exact) mass is 340 g/mol. The van der Waals surface area contributed by atoms with Gasteiger partial charge in [0, 0.05) is 19.1 Å². The number of thioether (sulfide) groups is 1. The number of nitrogens with zero attached hydrogens (tertiary/aromatic N) is 3. The van der Waals surface area contributed by atoms with E-state index in [0.717, 1.165) is 35.4 Å². The summed E-state index contributed by atoms with van der Waals surface area (Å²) in [7, 11) is 0. The number of hydrogen-bond donors (Lipinski definition) is 1. The minimum absolute atomic E-state index is 0.0754. The van der Waals surface area contributed by atoms with Gasteiger partial charge in [0.1, 0.15) is 0 Å². The van der Waals surface area contributed by atoms with Crippen LogP contribution in [0.5, 0.6) is 0 Å². The Morgan fingerprint density at radius 1 is 1.23 bits per heavy atom. The fourth-order valence-corrected chi connectivity index (χ4v) is 5.19. The van der Waals surface area contributed by atoms with Gasteiger partial charge < -0.3 is 10.2 Å². The van der Waals surface area contributed by atoms with E-state index in [-0.39, 0.29) is 11.2 Å². The molecule has 1 N–H and O–H groups in total. The van der Waals surface area contributed by atoms with Gasteiger partial charge in [-0.25, -0.2) is 0 Å². The van der Waals surface area contributed by atoms with Gasteiger partial charge in [0.05, 0.1) is 5.25 Å². The van der Waals surface area contributed by atoms with Crippen LogP contribution in [-0.2, 0) is 4.79 Å². The summed E-state index contributed by atoms with van der Waals surface area (Å²) >= 11 is 3.11. The molecule has 1 saturated carbocycles. The minimum Gasteiger partial charge on any atom is -0.357 e. The molecule has 1 aromatic rings. The van der Waals surface area contributed by atoms with Crippen LogP contribution in [0.25, 0.3) is 0 Å². The molecular formula is C15H24N4OS2. The van der Waals surface area contributed by atoms with E-state index >= 15 is 0 Å². The predicted molar refractivity (Wildman–Crippen MR) is 91.5 cm³/mol. The molecule has 1 atom stereocenters. The Hall–Kier alpha value is -0.820. The van der Waals surface area contributed by atoms with E-state index in [0.29, 0.717) is 6.04 Å². The average Bonchev–Trinajstić information content (AvgIpc) is 3.19. The first-order valence-corrected chi connectivity index (χ1v) is 9.97. The summed E-state index contributed by atoms with van der Waals surface area (Å²) < 4.78 is 0.887. The van der Waals surface area contributed by atoms with E-state index in [1.54, 1.807) is 11.3 Å². The molecule has 1 aromatic heterocycles. The Morgan fingerprint density at radius 2 is 1.95 bits per heavy atom. The van der Waals surface area contributed by atoms with Gasteiger partial charge in [-0.3, -0.25) is 4.79 Å². The van der Waals surface area contributed by atoms with Crippen LogP contribution in [0.2, 0.25) is 0 Å². The molecule has 1 amide bonds. The molecule has 1 aliphatic heterocycles. The summed E-state index contributed by atoms with van der Waals surface area (Å²) in [6, 6.07) is 0.545. The Labute approximate surface area is 140 Å². The molecule has 5 nitrogen and oxygen atoms in total. The zero-order valence-electron chi connectivity index (χ0n) is 13.1. The summed E-state index contributed by atoms with van der Waals surface area (Å²) in [5.74, 6) is 0.236. The first kappa shape index (κ1) is 16.1. The van der Waals surface area contributed by atoms with Crippen molar-refractivity contribution in [3.8, 4) is 0 Å². The van der Waals surface area contributed by atoms with E-state index in [2.05, 4.69) is 15.5 Å². The Morgan fingerprint density at radius 3 is 2.68 bits per heavy atom. The number of hydrogen-bond acceptors (Lipinski definition) is 6. The number of amides is 1. The average molecular weight is 341 g/mol. The molecule has 1 unspecified atom stereocenters. The summed E-state index contributed by atoms with van der Waals surface area (Å²) in [6.07, 6.45) is 8.69. The number of carbonyl (C=O) groups excluding carboxylic acids is 1. The highest BCUT2D eigenvalue weighted by molar-refractivity contribution is 8.02. The Kier molecular flexibility index (Phi) is 5.57. The van der Waals surface area contributed by atoms with Crippen molar-refractivity contribution in [1.82, 2.24) is 15.1 Å². The lowest BCUT2D eigenvalue weighted by molar-refractivity contribution is -0.129. The quantitative estimate of drug-likeness (QED) is 0.833. The predicted octanol–water partition coefficient (Wildman–Crippen LogP) is 3.39. The maximum absolute atomic E-state index is 12.3. The second-order valence-electron chi connectivity index (χ2n) is 6.14. The highest BCUT2D eigenvalue weighted by atomic mass is 32.2. The Bertz CT molecular complexity index is 495. The van der Waals surface area contributed by atoms with Crippen molar-refractivity contribution < 1.29 is 4.79 Å². The zero-order valence-corrected chi connectivity index (χ0v) is 14.7. The fourth-order valence-electron chi connectivity index (χ4n) is 3.13. The van der Waals surface area contributed by atoms with Gasteiger partial charge in [-0.1, -0.05) is 42.4 Å². The van der Waals surface area contributed by atoms with E-state index in [4.69, 9.17) is 0 Å². The molecular weight excluding hydrogens is 316 g/mol. The lowest BCUT2D eigenvalue weighted by Crippen LogP contribution is -2.33. The van der Waals surface area contributed by atoms with Crippen LogP contribution in [0, 0.1) is 0 Å². The van der Waals surface area contributed by atoms with Crippen LogP contribution < -0.4 is 5.32 Å². The van der Waals surface area contributed by atoms with Crippen molar-refractivity contribution >= 4 is 34.1 Å². The molecule has 7 heteroatoms. The number of anilines is 1. The van der Waals surface area contributed by atoms with Crippen molar-refractivity contribution in [2.24, 2.45) is 0 Å². The molecule has 0 aromatic carbocycles. The molecule has 1 saturated heterocycles. The van der Waals surface area contributed by atoms with E-state index in [9.17, 15) is 4.79 Å². The molecule has 1 aliphatic carbocycles. The van der Waals surface area contributed by atoms with E-state index in [1.807, 2.05) is 11.8 Å². The zero-order chi connectivity index (χ0) is 15.4. The summed E-state index contributed by atoms with van der Waals surface area (Å²) in [5.41, 5.74) is 0. The van der Waals surface area contributed by atoms with Gasteiger partial charge in [0.2, 0.25) is 11.0 Å². The largest absolute Gasteiger partial charge is 0.357 e. The third kappa shape index (κ3) is 4.13. The van der Waals surface area contributed by atoms with Gasteiger partial charge in [-0.05, 0) is 32.6 Å². The third-order valence-electron chi connectivity index (χ3n) is 4.38. The first-order valence-electron chi connectivity index (χ1n) is 8.28. The van der Waals surface area contributed by atoms with Crippen LogP contribution in [0.3, 0.4) is 0 Å². The second kappa shape index (κ2) is 7.64. The normalized spacial score (nSPS) is 21.0. The van der Waals surface area contributed by atoms with Crippen LogP contribution in [0.4, 0.5) is 5.13 Å². The van der Waals surface area contributed by atoms with Gasteiger partial charge >= 0.3 is 0 Å². The number of carbonyl (C=O) groups is 1. The van der Waals surface area contributed by atoms with Gasteiger partial charge in [-0.2, -0.15) is 0 Å². The van der Waals surface area contributed by atoms with Crippen molar-refractivity contribution in [3.63, 3.8) is 0 Å². The first-order chi connectivity index (χ1) is 10.7. The lowest BCUT2D eigenvalue weighted by atomic mass is 9.96. The molecule has 2 aliphatic rings. The maximum Gasteiger partial charge on any atom is 0.235 e. The summed E-state index contributed by atoms with van der Waals surface area (Å²) in [5, 5.41) is 12.8. The third-order valence-corrected chi connectivity index (χ3v) is 6.41.